The largest absolute Gasteiger partial charge is 0.331 e. The quantitative estimate of drug-likeness (QED) is 0.716. The van der Waals surface area contributed by atoms with Crippen LogP contribution in [0.5, 0.6) is 0 Å². The van der Waals surface area contributed by atoms with Gasteiger partial charge in [0.15, 0.2) is 0 Å². The minimum absolute atomic E-state index is 0. The van der Waals surface area contributed by atoms with E-state index in [0.29, 0.717) is 0 Å². The average molecular weight is 274 g/mol. The molecule has 0 radical (unpaired) electrons. The van der Waals surface area contributed by atoms with Crippen LogP contribution in [0.15, 0.2) is 35.3 Å². The summed E-state index contributed by atoms with van der Waals surface area (Å²) in [6, 6.07) is 10.3. The Kier molecular flexibility index (Phi) is 3.52. The molecule has 0 aliphatic carbocycles. The highest BCUT2D eigenvalue weighted by atomic mass is 127. The van der Waals surface area contributed by atoms with Gasteiger partial charge in [0.2, 0.25) is 0 Å². The van der Waals surface area contributed by atoms with Crippen molar-refractivity contribution in [2.45, 2.75) is 0 Å². The number of nitrogens with zero attached hydrogens (tertiary/aromatic N) is 2. The zero-order valence-electron chi connectivity index (χ0n) is 6.68. The Morgan fingerprint density at radius 2 is 1.92 bits per heavy atom. The summed E-state index contributed by atoms with van der Waals surface area (Å²) in [4.78, 5) is 6.29. The van der Waals surface area contributed by atoms with Crippen LogP contribution >= 0.6 is 24.0 Å². The summed E-state index contributed by atoms with van der Waals surface area (Å²) in [6.07, 6.45) is 1.90. The van der Waals surface area contributed by atoms with Crippen molar-refractivity contribution in [2.75, 3.05) is 18.0 Å². The second kappa shape index (κ2) is 4.45. The normalized spacial score (nSPS) is 14.5. The van der Waals surface area contributed by atoms with Gasteiger partial charge in [0.25, 0.3) is 0 Å². The summed E-state index contributed by atoms with van der Waals surface area (Å²) >= 11 is 0. The van der Waals surface area contributed by atoms with E-state index >= 15 is 0 Å². The van der Waals surface area contributed by atoms with Gasteiger partial charge in [-0.1, -0.05) is 18.2 Å². The molecule has 1 aliphatic rings. The van der Waals surface area contributed by atoms with E-state index in [-0.39, 0.29) is 24.0 Å². The fourth-order valence-electron chi connectivity index (χ4n) is 1.19. The maximum Gasteiger partial charge on any atom is 0.0895 e. The van der Waals surface area contributed by atoms with E-state index in [2.05, 4.69) is 22.0 Å². The number of para-hydroxylation sites is 1. The van der Waals surface area contributed by atoms with Crippen LogP contribution in [0.1, 0.15) is 0 Å². The Morgan fingerprint density at radius 1 is 1.17 bits per heavy atom. The molecule has 0 saturated heterocycles. The van der Waals surface area contributed by atoms with Crippen molar-refractivity contribution in [3.8, 4) is 0 Å². The van der Waals surface area contributed by atoms with Gasteiger partial charge in [0.05, 0.1) is 12.9 Å². The molecule has 0 atom stereocenters. The van der Waals surface area contributed by atoms with Gasteiger partial charge in [-0.3, -0.25) is 4.99 Å². The van der Waals surface area contributed by atoms with E-state index in [4.69, 9.17) is 0 Å². The molecule has 0 bridgehead atoms. The van der Waals surface area contributed by atoms with Gasteiger partial charge in [-0.15, -0.1) is 24.0 Å². The van der Waals surface area contributed by atoms with Gasteiger partial charge in [0.1, 0.15) is 0 Å². The van der Waals surface area contributed by atoms with Gasteiger partial charge in [-0.2, -0.15) is 0 Å². The standard InChI is InChI=1S/C9H10N2.HI/c1-2-4-9(5-3-1)11-7-6-10-8-11;/h1-5,8H,6-7H2;1H. The predicted molar refractivity (Wildman–Crippen MR) is 62.6 cm³/mol. The van der Waals surface area contributed by atoms with Crippen LogP contribution in [0.4, 0.5) is 5.69 Å². The minimum atomic E-state index is 0. The number of hydrogen-bond acceptors (Lipinski definition) is 2. The summed E-state index contributed by atoms with van der Waals surface area (Å²) in [6.45, 7) is 1.94. The van der Waals surface area contributed by atoms with Crippen molar-refractivity contribution in [3.63, 3.8) is 0 Å². The Balaban J connectivity index is 0.000000720. The maximum absolute atomic E-state index is 4.14. The molecule has 0 spiro atoms. The van der Waals surface area contributed by atoms with E-state index in [9.17, 15) is 0 Å². The summed E-state index contributed by atoms with van der Waals surface area (Å²) in [5, 5.41) is 0. The molecule has 0 amide bonds. The molecule has 1 aromatic carbocycles. The lowest BCUT2D eigenvalue weighted by Gasteiger charge is -2.12. The van der Waals surface area contributed by atoms with Crippen molar-refractivity contribution in [3.05, 3.63) is 30.3 Å². The molecule has 2 rings (SSSR count). The number of halogens is 1. The van der Waals surface area contributed by atoms with Gasteiger partial charge in [-0.05, 0) is 12.1 Å². The zero-order chi connectivity index (χ0) is 7.52. The van der Waals surface area contributed by atoms with Crippen LogP contribution in [0.25, 0.3) is 0 Å². The Bertz CT molecular complexity index is 258. The van der Waals surface area contributed by atoms with Crippen LogP contribution in [0.3, 0.4) is 0 Å². The first-order chi connectivity index (χ1) is 5.47. The Hall–Kier alpha value is -0.580. The molecule has 0 fully saturated rings. The topological polar surface area (TPSA) is 15.6 Å². The maximum atomic E-state index is 4.14. The molecule has 64 valence electrons. The summed E-state index contributed by atoms with van der Waals surface area (Å²) < 4.78 is 0. The second-order valence-corrected chi connectivity index (χ2v) is 2.55. The number of aliphatic imine (C=N–C) groups is 1. The lowest BCUT2D eigenvalue weighted by Crippen LogP contribution is -2.17. The Morgan fingerprint density at radius 3 is 2.50 bits per heavy atom. The molecule has 0 aromatic heterocycles. The SMILES string of the molecule is C1=NCCN1c1ccccc1.I. The molecular formula is C9H11IN2. The molecular weight excluding hydrogens is 263 g/mol. The molecule has 2 nitrogen and oxygen atoms in total. The van der Waals surface area contributed by atoms with Crippen molar-refractivity contribution in [1.82, 2.24) is 0 Å². The molecule has 0 unspecified atom stereocenters. The second-order valence-electron chi connectivity index (χ2n) is 2.55. The molecule has 0 saturated carbocycles. The van der Waals surface area contributed by atoms with Crippen LogP contribution in [-0.4, -0.2) is 19.4 Å². The first-order valence-corrected chi connectivity index (χ1v) is 3.78. The number of hydrogen-bond donors (Lipinski definition) is 0. The lowest BCUT2D eigenvalue weighted by atomic mass is 10.3. The molecule has 0 N–H and O–H groups in total. The molecule has 1 heterocycles. The van der Waals surface area contributed by atoms with Crippen molar-refractivity contribution in [2.24, 2.45) is 4.99 Å². The van der Waals surface area contributed by atoms with Gasteiger partial charge in [-0.25, -0.2) is 0 Å². The van der Waals surface area contributed by atoms with Crippen molar-refractivity contribution < 1.29 is 0 Å². The Labute approximate surface area is 89.3 Å². The van der Waals surface area contributed by atoms with Crippen LogP contribution in [0.2, 0.25) is 0 Å². The summed E-state index contributed by atoms with van der Waals surface area (Å²) in [7, 11) is 0. The average Bonchev–Trinajstić information content (AvgIpc) is 2.58. The number of rotatable bonds is 1. The third kappa shape index (κ3) is 1.97. The first-order valence-electron chi connectivity index (χ1n) is 3.78. The monoisotopic (exact) mass is 274 g/mol. The minimum Gasteiger partial charge on any atom is -0.331 e. The van der Waals surface area contributed by atoms with Crippen molar-refractivity contribution >= 4 is 36.0 Å². The van der Waals surface area contributed by atoms with Crippen LogP contribution in [-0.2, 0) is 0 Å². The van der Waals surface area contributed by atoms with E-state index < -0.39 is 0 Å². The summed E-state index contributed by atoms with van der Waals surface area (Å²) in [5.41, 5.74) is 1.23. The van der Waals surface area contributed by atoms with E-state index in [0.717, 1.165) is 13.1 Å². The third-order valence-electron chi connectivity index (χ3n) is 1.78. The highest BCUT2D eigenvalue weighted by Gasteiger charge is 2.05. The van der Waals surface area contributed by atoms with Crippen molar-refractivity contribution in [1.29, 1.82) is 0 Å². The van der Waals surface area contributed by atoms with Crippen LogP contribution in [0, 0.1) is 0 Å². The van der Waals surface area contributed by atoms with E-state index in [1.165, 1.54) is 5.69 Å². The number of anilines is 1. The fraction of sp³-hybridized carbons (Fsp3) is 0.222. The van der Waals surface area contributed by atoms with Gasteiger partial charge < -0.3 is 4.90 Å². The predicted octanol–water partition coefficient (Wildman–Crippen LogP) is 2.15. The van der Waals surface area contributed by atoms with E-state index in [1.54, 1.807) is 0 Å². The summed E-state index contributed by atoms with van der Waals surface area (Å²) in [5.74, 6) is 0. The smallest absolute Gasteiger partial charge is 0.0895 e. The molecule has 1 aromatic rings. The highest BCUT2D eigenvalue weighted by molar-refractivity contribution is 14.0. The molecule has 3 heteroatoms. The fourth-order valence-corrected chi connectivity index (χ4v) is 1.19. The molecule has 1 aliphatic heterocycles. The highest BCUT2D eigenvalue weighted by Crippen LogP contribution is 2.12. The number of benzene rings is 1. The third-order valence-corrected chi connectivity index (χ3v) is 1.78. The molecule has 12 heavy (non-hydrogen) atoms. The van der Waals surface area contributed by atoms with E-state index in [1.807, 2.05) is 24.5 Å². The van der Waals surface area contributed by atoms with Gasteiger partial charge >= 0.3 is 0 Å². The first kappa shape index (κ1) is 9.51. The van der Waals surface area contributed by atoms with Gasteiger partial charge in [0, 0.05) is 12.2 Å². The van der Waals surface area contributed by atoms with Crippen LogP contribution < -0.4 is 4.90 Å². The lowest BCUT2D eigenvalue weighted by molar-refractivity contribution is 1.02. The zero-order valence-corrected chi connectivity index (χ0v) is 9.01.